The molecule has 0 heterocycles. The van der Waals surface area contributed by atoms with E-state index in [1.165, 1.54) is 38.3 Å². The second kappa shape index (κ2) is 10.1. The Labute approximate surface area is 121 Å². The lowest BCUT2D eigenvalue weighted by atomic mass is 10.1. The molecule has 0 bridgehead atoms. The monoisotopic (exact) mass is 279 g/mol. The van der Waals surface area contributed by atoms with Crippen LogP contribution in [0.3, 0.4) is 0 Å². The third-order valence-corrected chi connectivity index (χ3v) is 3.15. The molecule has 0 aromatic heterocycles. The van der Waals surface area contributed by atoms with Gasteiger partial charge in [0, 0.05) is 5.56 Å². The van der Waals surface area contributed by atoms with E-state index in [1.54, 1.807) is 13.2 Å². The van der Waals surface area contributed by atoms with E-state index in [9.17, 15) is 0 Å². The van der Waals surface area contributed by atoms with Crippen LogP contribution in [0.5, 0.6) is 11.5 Å². The van der Waals surface area contributed by atoms with Gasteiger partial charge in [0.2, 0.25) is 0 Å². The smallest absolute Gasteiger partial charge is 0.161 e. The zero-order valence-electron chi connectivity index (χ0n) is 12.5. The first-order valence-corrected chi connectivity index (χ1v) is 7.30. The Hall–Kier alpha value is -1.71. The van der Waals surface area contributed by atoms with E-state index in [0.29, 0.717) is 12.4 Å². The van der Waals surface area contributed by atoms with Crippen molar-refractivity contribution in [1.29, 1.82) is 0 Å². The predicted octanol–water partition coefficient (Wildman–Crippen LogP) is 4.24. The Balaban J connectivity index is 2.36. The standard InChI is InChI=1S/C16H25NO3/c1-3-4-5-6-7-8-11-20-15-10-9-14(13-17-18)12-16(15)19-2/h9-10,12-13,18H,3-8,11H2,1-2H3/b17-13+. The van der Waals surface area contributed by atoms with E-state index >= 15 is 0 Å². The lowest BCUT2D eigenvalue weighted by molar-refractivity contribution is 0.284. The van der Waals surface area contributed by atoms with Crippen molar-refractivity contribution in [2.24, 2.45) is 5.16 Å². The van der Waals surface area contributed by atoms with Crippen molar-refractivity contribution in [3.8, 4) is 11.5 Å². The summed E-state index contributed by atoms with van der Waals surface area (Å²) in [5.74, 6) is 1.39. The number of oxime groups is 1. The molecule has 0 aliphatic rings. The van der Waals surface area contributed by atoms with Gasteiger partial charge in [-0.15, -0.1) is 0 Å². The van der Waals surface area contributed by atoms with Gasteiger partial charge in [-0.2, -0.15) is 0 Å². The molecule has 0 fully saturated rings. The Morgan fingerprint density at radius 3 is 2.55 bits per heavy atom. The van der Waals surface area contributed by atoms with Crippen LogP contribution in [-0.4, -0.2) is 25.1 Å². The number of unbranched alkanes of at least 4 members (excludes halogenated alkanes) is 5. The molecule has 1 rings (SSSR count). The van der Waals surface area contributed by atoms with Gasteiger partial charge in [0.25, 0.3) is 0 Å². The summed E-state index contributed by atoms with van der Waals surface area (Å²) in [4.78, 5) is 0. The molecule has 4 heteroatoms. The lowest BCUT2D eigenvalue weighted by Crippen LogP contribution is -2.00. The fourth-order valence-electron chi connectivity index (χ4n) is 2.01. The molecular weight excluding hydrogens is 254 g/mol. The molecule has 0 atom stereocenters. The highest BCUT2D eigenvalue weighted by Crippen LogP contribution is 2.27. The number of hydrogen-bond acceptors (Lipinski definition) is 4. The Morgan fingerprint density at radius 1 is 1.10 bits per heavy atom. The Kier molecular flexibility index (Phi) is 8.27. The third-order valence-electron chi connectivity index (χ3n) is 3.15. The second-order valence-electron chi connectivity index (χ2n) is 4.77. The van der Waals surface area contributed by atoms with E-state index in [1.807, 2.05) is 12.1 Å². The lowest BCUT2D eigenvalue weighted by Gasteiger charge is -2.11. The molecule has 0 spiro atoms. The molecule has 20 heavy (non-hydrogen) atoms. The molecule has 0 radical (unpaired) electrons. The van der Waals surface area contributed by atoms with Crippen LogP contribution >= 0.6 is 0 Å². The first-order valence-electron chi connectivity index (χ1n) is 7.30. The van der Waals surface area contributed by atoms with E-state index in [-0.39, 0.29) is 0 Å². The van der Waals surface area contributed by atoms with Crippen molar-refractivity contribution < 1.29 is 14.7 Å². The normalized spacial score (nSPS) is 10.9. The van der Waals surface area contributed by atoms with Gasteiger partial charge in [-0.3, -0.25) is 0 Å². The summed E-state index contributed by atoms with van der Waals surface area (Å²) in [5, 5.41) is 11.5. The van der Waals surface area contributed by atoms with Crippen LogP contribution in [0.4, 0.5) is 0 Å². The van der Waals surface area contributed by atoms with Crippen molar-refractivity contribution in [2.45, 2.75) is 45.4 Å². The molecule has 1 aromatic carbocycles. The summed E-state index contributed by atoms with van der Waals surface area (Å²) in [7, 11) is 1.60. The van der Waals surface area contributed by atoms with Crippen LogP contribution in [-0.2, 0) is 0 Å². The fourth-order valence-corrected chi connectivity index (χ4v) is 2.01. The molecule has 1 aromatic rings. The third kappa shape index (κ3) is 5.95. The molecule has 0 saturated carbocycles. The maximum Gasteiger partial charge on any atom is 0.161 e. The topological polar surface area (TPSA) is 51.0 Å². The maximum atomic E-state index is 8.51. The number of ether oxygens (including phenoxy) is 2. The van der Waals surface area contributed by atoms with Gasteiger partial charge < -0.3 is 14.7 Å². The van der Waals surface area contributed by atoms with E-state index < -0.39 is 0 Å². The van der Waals surface area contributed by atoms with Crippen LogP contribution in [0.25, 0.3) is 0 Å². The Bertz CT molecular complexity index is 405. The van der Waals surface area contributed by atoms with Gasteiger partial charge >= 0.3 is 0 Å². The van der Waals surface area contributed by atoms with Crippen molar-refractivity contribution in [2.75, 3.05) is 13.7 Å². The minimum atomic E-state index is 0.661. The second-order valence-corrected chi connectivity index (χ2v) is 4.77. The van der Waals surface area contributed by atoms with Crippen molar-refractivity contribution in [1.82, 2.24) is 0 Å². The Morgan fingerprint density at radius 2 is 1.85 bits per heavy atom. The van der Waals surface area contributed by atoms with Crippen molar-refractivity contribution >= 4 is 6.21 Å². The SMILES string of the molecule is CCCCCCCCOc1ccc(/C=N/O)cc1OC. The van der Waals surface area contributed by atoms with Gasteiger partial charge in [0.05, 0.1) is 19.9 Å². The molecule has 0 aliphatic carbocycles. The molecule has 0 unspecified atom stereocenters. The van der Waals surface area contributed by atoms with Gasteiger partial charge in [-0.25, -0.2) is 0 Å². The van der Waals surface area contributed by atoms with E-state index in [2.05, 4.69) is 12.1 Å². The molecule has 0 aliphatic heterocycles. The van der Waals surface area contributed by atoms with Gasteiger partial charge in [-0.1, -0.05) is 44.2 Å². The number of benzene rings is 1. The summed E-state index contributed by atoms with van der Waals surface area (Å²) >= 11 is 0. The number of methoxy groups -OCH3 is 1. The highest BCUT2D eigenvalue weighted by molar-refractivity contribution is 5.80. The molecule has 1 N–H and O–H groups in total. The summed E-state index contributed by atoms with van der Waals surface area (Å²) in [6.45, 7) is 2.93. The highest BCUT2D eigenvalue weighted by atomic mass is 16.5. The van der Waals surface area contributed by atoms with Crippen molar-refractivity contribution in [3.63, 3.8) is 0 Å². The first-order chi connectivity index (χ1) is 9.81. The minimum absolute atomic E-state index is 0.661. The van der Waals surface area contributed by atoms with Crippen LogP contribution < -0.4 is 9.47 Å². The zero-order chi connectivity index (χ0) is 14.6. The fraction of sp³-hybridized carbons (Fsp3) is 0.562. The van der Waals surface area contributed by atoms with Crippen LogP contribution in [0, 0.1) is 0 Å². The summed E-state index contributed by atoms with van der Waals surface area (Å²) in [6.07, 6.45) is 8.82. The zero-order valence-corrected chi connectivity index (χ0v) is 12.5. The highest BCUT2D eigenvalue weighted by Gasteiger charge is 2.05. The minimum Gasteiger partial charge on any atom is -0.493 e. The largest absolute Gasteiger partial charge is 0.493 e. The van der Waals surface area contributed by atoms with Crippen molar-refractivity contribution in [3.05, 3.63) is 23.8 Å². The molecular formula is C16H25NO3. The quantitative estimate of drug-likeness (QED) is 0.301. The van der Waals surface area contributed by atoms with Crippen LogP contribution in [0.1, 0.15) is 51.0 Å². The van der Waals surface area contributed by atoms with Gasteiger partial charge in [0.15, 0.2) is 11.5 Å². The van der Waals surface area contributed by atoms with Crippen LogP contribution in [0.15, 0.2) is 23.4 Å². The van der Waals surface area contributed by atoms with Gasteiger partial charge in [-0.05, 0) is 24.6 Å². The molecule has 4 nitrogen and oxygen atoms in total. The average Bonchev–Trinajstić information content (AvgIpc) is 2.47. The number of nitrogens with zero attached hydrogens (tertiary/aromatic N) is 1. The summed E-state index contributed by atoms with van der Waals surface area (Å²) < 4.78 is 11.0. The number of hydrogen-bond donors (Lipinski definition) is 1. The maximum absolute atomic E-state index is 8.51. The predicted molar refractivity (Wildman–Crippen MR) is 81.2 cm³/mol. The van der Waals surface area contributed by atoms with E-state index in [4.69, 9.17) is 14.7 Å². The van der Waals surface area contributed by atoms with Crippen LogP contribution in [0.2, 0.25) is 0 Å². The number of rotatable bonds is 10. The molecule has 112 valence electrons. The summed E-state index contributed by atoms with van der Waals surface area (Å²) in [6, 6.07) is 5.46. The van der Waals surface area contributed by atoms with Gasteiger partial charge in [0.1, 0.15) is 0 Å². The summed E-state index contributed by atoms with van der Waals surface area (Å²) in [5.41, 5.74) is 0.774. The molecule has 0 saturated heterocycles. The first kappa shape index (κ1) is 16.3. The average molecular weight is 279 g/mol. The molecule has 0 amide bonds. The van der Waals surface area contributed by atoms with E-state index in [0.717, 1.165) is 17.7 Å².